The largest absolute Gasteiger partial charge is 0.508 e. The molecule has 1 aromatic heterocycles. The summed E-state index contributed by atoms with van der Waals surface area (Å²) in [7, 11) is 1.30. The number of carbonyl (C=O) groups excluding carboxylic acids is 1. The predicted octanol–water partition coefficient (Wildman–Crippen LogP) is 5.06. The Morgan fingerprint density at radius 3 is 2.55 bits per heavy atom. The zero-order valence-corrected chi connectivity index (χ0v) is 23.8. The number of para-hydroxylation sites is 1. The Hall–Kier alpha value is -4.72. The normalized spacial score (nSPS) is 12.8. The standard InChI is InChI=1S/C34H35NO7/c1-22-19-29(37)33(34(39)35(22)16-13-23-7-10-26(36)11-8-23)28(21-32(38)40-2)27-5-3-4-6-31(27)42-17-14-24-9-12-30-25(20-24)15-18-41-30/h3-12,19-20,28,36-37H,13-18,21H2,1-2H3. The third-order valence-corrected chi connectivity index (χ3v) is 7.73. The Morgan fingerprint density at radius 1 is 1.00 bits per heavy atom. The van der Waals surface area contributed by atoms with Crippen molar-refractivity contribution in [2.75, 3.05) is 20.3 Å². The minimum absolute atomic E-state index is 0.117. The zero-order chi connectivity index (χ0) is 29.6. The van der Waals surface area contributed by atoms with Gasteiger partial charge in [0.05, 0.1) is 32.3 Å². The number of pyridine rings is 1. The van der Waals surface area contributed by atoms with Gasteiger partial charge < -0.3 is 29.0 Å². The topological polar surface area (TPSA) is 107 Å². The van der Waals surface area contributed by atoms with Crippen LogP contribution < -0.4 is 15.0 Å². The van der Waals surface area contributed by atoms with Crippen LogP contribution in [0.25, 0.3) is 0 Å². The molecule has 4 aromatic rings. The molecule has 8 heteroatoms. The molecule has 218 valence electrons. The van der Waals surface area contributed by atoms with E-state index in [-0.39, 0.29) is 29.0 Å². The molecule has 0 amide bonds. The number of hydrogen-bond donors (Lipinski definition) is 2. The first-order valence-electron chi connectivity index (χ1n) is 14.1. The molecule has 0 saturated carbocycles. The molecule has 0 radical (unpaired) electrons. The highest BCUT2D eigenvalue weighted by molar-refractivity contribution is 5.72. The van der Waals surface area contributed by atoms with Gasteiger partial charge in [-0.25, -0.2) is 0 Å². The summed E-state index contributed by atoms with van der Waals surface area (Å²) in [6, 6.07) is 21.8. The predicted molar refractivity (Wildman–Crippen MR) is 159 cm³/mol. The lowest BCUT2D eigenvalue weighted by Crippen LogP contribution is -2.29. The number of phenols is 1. The van der Waals surface area contributed by atoms with Crippen molar-refractivity contribution in [3.05, 3.63) is 117 Å². The molecule has 3 aromatic carbocycles. The molecule has 42 heavy (non-hydrogen) atoms. The molecule has 2 N–H and O–H groups in total. The van der Waals surface area contributed by atoms with Gasteiger partial charge in [-0.3, -0.25) is 9.59 Å². The molecule has 2 heterocycles. The number of benzene rings is 3. The average Bonchev–Trinajstić information content (AvgIpc) is 3.45. The molecular weight excluding hydrogens is 534 g/mol. The molecule has 0 aliphatic carbocycles. The van der Waals surface area contributed by atoms with E-state index in [1.165, 1.54) is 12.7 Å². The zero-order valence-electron chi connectivity index (χ0n) is 23.8. The second-order valence-corrected chi connectivity index (χ2v) is 10.5. The average molecular weight is 570 g/mol. The number of phenolic OH excluding ortho intramolecular Hbond substituents is 1. The van der Waals surface area contributed by atoms with Crippen LogP contribution in [0.2, 0.25) is 0 Å². The van der Waals surface area contributed by atoms with Crippen molar-refractivity contribution < 1.29 is 29.2 Å². The van der Waals surface area contributed by atoms with Crippen molar-refractivity contribution in [1.82, 2.24) is 4.57 Å². The van der Waals surface area contributed by atoms with Gasteiger partial charge in [0.15, 0.2) is 0 Å². The number of ether oxygens (including phenoxy) is 3. The monoisotopic (exact) mass is 569 g/mol. The Kier molecular flexibility index (Phi) is 8.81. The lowest BCUT2D eigenvalue weighted by molar-refractivity contribution is -0.140. The quantitative estimate of drug-likeness (QED) is 0.243. The molecule has 0 saturated heterocycles. The van der Waals surface area contributed by atoms with E-state index in [0.29, 0.717) is 49.6 Å². The highest BCUT2D eigenvalue weighted by Crippen LogP contribution is 2.37. The third kappa shape index (κ3) is 6.43. The van der Waals surface area contributed by atoms with Crippen LogP contribution in [-0.4, -0.2) is 41.1 Å². The number of carbonyl (C=O) groups is 1. The number of esters is 1. The maximum absolute atomic E-state index is 13.9. The molecule has 0 spiro atoms. The first-order valence-corrected chi connectivity index (χ1v) is 14.1. The lowest BCUT2D eigenvalue weighted by atomic mass is 9.87. The minimum atomic E-state index is -0.793. The highest BCUT2D eigenvalue weighted by atomic mass is 16.5. The van der Waals surface area contributed by atoms with E-state index < -0.39 is 11.9 Å². The van der Waals surface area contributed by atoms with Crippen molar-refractivity contribution in [3.8, 4) is 23.0 Å². The Balaban J connectivity index is 1.44. The fourth-order valence-electron chi connectivity index (χ4n) is 5.47. The second kappa shape index (κ2) is 12.9. The second-order valence-electron chi connectivity index (χ2n) is 10.5. The van der Waals surface area contributed by atoms with Crippen molar-refractivity contribution in [2.45, 2.75) is 45.1 Å². The molecule has 5 rings (SSSR count). The van der Waals surface area contributed by atoms with Gasteiger partial charge in [-0.15, -0.1) is 0 Å². The number of methoxy groups -OCH3 is 1. The number of hydrogen-bond acceptors (Lipinski definition) is 7. The van der Waals surface area contributed by atoms with Gasteiger partial charge in [0.1, 0.15) is 23.0 Å². The van der Waals surface area contributed by atoms with E-state index >= 15 is 0 Å². The number of fused-ring (bicyclic) bond motifs is 1. The summed E-state index contributed by atoms with van der Waals surface area (Å²) in [6.07, 6.45) is 1.96. The summed E-state index contributed by atoms with van der Waals surface area (Å²) in [4.78, 5) is 26.5. The van der Waals surface area contributed by atoms with Gasteiger partial charge >= 0.3 is 5.97 Å². The number of aromatic hydroxyl groups is 2. The fraction of sp³-hybridized carbons (Fsp3) is 0.294. The fourth-order valence-corrected chi connectivity index (χ4v) is 5.47. The number of aryl methyl sites for hydroxylation is 2. The molecule has 8 nitrogen and oxygen atoms in total. The van der Waals surface area contributed by atoms with E-state index in [1.807, 2.05) is 36.4 Å². The SMILES string of the molecule is COC(=O)CC(c1ccccc1OCCc1ccc2c(c1)CCO2)c1c(O)cc(C)n(CCc2ccc(O)cc2)c1=O. The Morgan fingerprint density at radius 2 is 1.76 bits per heavy atom. The van der Waals surface area contributed by atoms with Gasteiger partial charge in [-0.1, -0.05) is 42.5 Å². The lowest BCUT2D eigenvalue weighted by Gasteiger charge is -2.22. The van der Waals surface area contributed by atoms with E-state index in [2.05, 4.69) is 6.07 Å². The molecular formula is C34H35NO7. The smallest absolute Gasteiger partial charge is 0.306 e. The highest BCUT2D eigenvalue weighted by Gasteiger charge is 2.29. The molecule has 1 unspecified atom stereocenters. The maximum atomic E-state index is 13.9. The van der Waals surface area contributed by atoms with Crippen LogP contribution in [0.5, 0.6) is 23.0 Å². The number of aromatic nitrogens is 1. The van der Waals surface area contributed by atoms with Crippen LogP contribution >= 0.6 is 0 Å². The van der Waals surface area contributed by atoms with E-state index in [4.69, 9.17) is 14.2 Å². The van der Waals surface area contributed by atoms with Crippen molar-refractivity contribution in [3.63, 3.8) is 0 Å². The van der Waals surface area contributed by atoms with Gasteiger partial charge in [0, 0.05) is 36.6 Å². The van der Waals surface area contributed by atoms with Crippen molar-refractivity contribution in [1.29, 1.82) is 0 Å². The van der Waals surface area contributed by atoms with Crippen LogP contribution in [0.15, 0.2) is 77.6 Å². The maximum Gasteiger partial charge on any atom is 0.306 e. The van der Waals surface area contributed by atoms with E-state index in [9.17, 15) is 19.8 Å². The molecule has 1 atom stereocenters. The summed E-state index contributed by atoms with van der Waals surface area (Å²) in [6.45, 7) is 3.21. The van der Waals surface area contributed by atoms with Gasteiger partial charge in [0.25, 0.3) is 5.56 Å². The summed E-state index contributed by atoms with van der Waals surface area (Å²) >= 11 is 0. The minimum Gasteiger partial charge on any atom is -0.508 e. The summed E-state index contributed by atoms with van der Waals surface area (Å²) in [5.74, 6) is 0.159. The first-order chi connectivity index (χ1) is 20.3. The van der Waals surface area contributed by atoms with Gasteiger partial charge in [-0.05, 0) is 60.4 Å². The van der Waals surface area contributed by atoms with Crippen LogP contribution in [0.4, 0.5) is 0 Å². The molecule has 1 aliphatic rings. The van der Waals surface area contributed by atoms with Crippen molar-refractivity contribution >= 4 is 5.97 Å². The van der Waals surface area contributed by atoms with Crippen molar-refractivity contribution in [2.24, 2.45) is 0 Å². The molecule has 0 fully saturated rings. The van der Waals surface area contributed by atoms with Crippen LogP contribution in [0.3, 0.4) is 0 Å². The van der Waals surface area contributed by atoms with E-state index in [0.717, 1.165) is 23.3 Å². The van der Waals surface area contributed by atoms with Gasteiger partial charge in [-0.2, -0.15) is 0 Å². The van der Waals surface area contributed by atoms with Crippen LogP contribution in [0, 0.1) is 6.92 Å². The third-order valence-electron chi connectivity index (χ3n) is 7.73. The number of nitrogens with zero attached hydrogens (tertiary/aromatic N) is 1. The van der Waals surface area contributed by atoms with E-state index in [1.54, 1.807) is 41.8 Å². The summed E-state index contributed by atoms with van der Waals surface area (Å²) < 4.78 is 18.4. The van der Waals surface area contributed by atoms with Gasteiger partial charge in [0.2, 0.25) is 0 Å². The van der Waals surface area contributed by atoms with Crippen LogP contribution in [0.1, 0.15) is 45.8 Å². The summed E-state index contributed by atoms with van der Waals surface area (Å²) in [5, 5.41) is 20.7. The molecule has 1 aliphatic heterocycles. The number of rotatable bonds is 11. The first kappa shape index (κ1) is 28.8. The Bertz CT molecular complexity index is 1620. The summed E-state index contributed by atoms with van der Waals surface area (Å²) in [5.41, 5.74) is 4.24. The van der Waals surface area contributed by atoms with Crippen LogP contribution in [-0.2, 0) is 35.3 Å². The Labute approximate surface area is 244 Å². The molecule has 0 bridgehead atoms.